The van der Waals surface area contributed by atoms with Crippen LogP contribution in [0.1, 0.15) is 39.5 Å². The first-order valence-corrected chi connectivity index (χ1v) is 5.64. The topological polar surface area (TPSA) is 38.0 Å². The predicted molar refractivity (Wildman–Crippen MR) is 57.6 cm³/mol. The Hall–Kier alpha value is -0.0800. The zero-order valence-corrected chi connectivity index (χ0v) is 9.05. The Labute approximate surface area is 82.3 Å². The van der Waals surface area contributed by atoms with Crippen LogP contribution >= 0.6 is 0 Å². The summed E-state index contributed by atoms with van der Waals surface area (Å²) in [4.78, 5) is 0. The molecular formula is C11H24N2. The Morgan fingerprint density at radius 2 is 2.23 bits per heavy atom. The fourth-order valence-electron chi connectivity index (χ4n) is 2.26. The maximum atomic E-state index is 6.08. The second kappa shape index (κ2) is 5.61. The van der Waals surface area contributed by atoms with Crippen LogP contribution in [0.2, 0.25) is 0 Å². The Morgan fingerprint density at radius 1 is 1.46 bits per heavy atom. The first kappa shape index (κ1) is 11.0. The van der Waals surface area contributed by atoms with Gasteiger partial charge in [0.1, 0.15) is 0 Å². The average Bonchev–Trinajstić information content (AvgIpc) is 2.04. The van der Waals surface area contributed by atoms with Crippen molar-refractivity contribution >= 4 is 0 Å². The first-order valence-electron chi connectivity index (χ1n) is 5.64. The third-order valence-electron chi connectivity index (χ3n) is 2.81. The fourth-order valence-corrected chi connectivity index (χ4v) is 2.26. The molecule has 1 aliphatic rings. The summed E-state index contributed by atoms with van der Waals surface area (Å²) in [5, 5.41) is 3.44. The largest absolute Gasteiger partial charge is 0.328 e. The molecule has 1 aliphatic heterocycles. The van der Waals surface area contributed by atoms with Crippen molar-refractivity contribution in [2.75, 3.05) is 13.1 Å². The molecule has 0 bridgehead atoms. The summed E-state index contributed by atoms with van der Waals surface area (Å²) >= 11 is 0. The quantitative estimate of drug-likeness (QED) is 0.698. The molecule has 1 saturated heterocycles. The van der Waals surface area contributed by atoms with Crippen molar-refractivity contribution < 1.29 is 0 Å². The van der Waals surface area contributed by atoms with Gasteiger partial charge < -0.3 is 11.1 Å². The van der Waals surface area contributed by atoms with E-state index in [0.717, 1.165) is 11.8 Å². The summed E-state index contributed by atoms with van der Waals surface area (Å²) in [6.07, 6.45) is 5.10. The molecule has 0 aliphatic carbocycles. The molecule has 0 aromatic rings. The molecule has 1 rings (SSSR count). The maximum Gasteiger partial charge on any atom is 0.00443 e. The van der Waals surface area contributed by atoms with Crippen LogP contribution in [-0.2, 0) is 0 Å². The minimum Gasteiger partial charge on any atom is -0.328 e. The highest BCUT2D eigenvalue weighted by Gasteiger charge is 2.16. The van der Waals surface area contributed by atoms with Crippen molar-refractivity contribution in [1.82, 2.24) is 5.32 Å². The van der Waals surface area contributed by atoms with Gasteiger partial charge in [-0.25, -0.2) is 0 Å². The lowest BCUT2D eigenvalue weighted by molar-refractivity contribution is 0.318. The zero-order chi connectivity index (χ0) is 9.68. The smallest absolute Gasteiger partial charge is 0.00443 e. The molecule has 0 saturated carbocycles. The number of rotatable bonds is 4. The van der Waals surface area contributed by atoms with E-state index in [9.17, 15) is 0 Å². The number of hydrogen-bond donors (Lipinski definition) is 2. The Bertz CT molecular complexity index is 128. The summed E-state index contributed by atoms with van der Waals surface area (Å²) in [7, 11) is 0. The van der Waals surface area contributed by atoms with Crippen LogP contribution < -0.4 is 11.1 Å². The van der Waals surface area contributed by atoms with E-state index in [4.69, 9.17) is 5.73 Å². The summed E-state index contributed by atoms with van der Waals surface area (Å²) in [5.41, 5.74) is 6.08. The minimum absolute atomic E-state index is 0.421. The van der Waals surface area contributed by atoms with Gasteiger partial charge in [-0.15, -0.1) is 0 Å². The SMILES string of the molecule is CC(C)CC(N)CC1CCCNC1. The van der Waals surface area contributed by atoms with Crippen LogP contribution in [-0.4, -0.2) is 19.1 Å². The van der Waals surface area contributed by atoms with Gasteiger partial charge in [0.2, 0.25) is 0 Å². The number of nitrogens with one attached hydrogen (secondary N) is 1. The van der Waals surface area contributed by atoms with Crippen LogP contribution in [0.4, 0.5) is 0 Å². The molecule has 0 aromatic carbocycles. The van der Waals surface area contributed by atoms with E-state index in [2.05, 4.69) is 19.2 Å². The molecule has 0 aromatic heterocycles. The second-order valence-corrected chi connectivity index (χ2v) is 4.84. The van der Waals surface area contributed by atoms with Crippen LogP contribution in [0.25, 0.3) is 0 Å². The average molecular weight is 184 g/mol. The van der Waals surface area contributed by atoms with Crippen LogP contribution in [0.5, 0.6) is 0 Å². The third kappa shape index (κ3) is 4.63. The first-order chi connectivity index (χ1) is 6.18. The molecular weight excluding hydrogens is 160 g/mol. The van der Waals surface area contributed by atoms with E-state index < -0.39 is 0 Å². The van der Waals surface area contributed by atoms with E-state index in [0.29, 0.717) is 6.04 Å². The number of piperidine rings is 1. The second-order valence-electron chi connectivity index (χ2n) is 4.84. The van der Waals surface area contributed by atoms with Gasteiger partial charge >= 0.3 is 0 Å². The third-order valence-corrected chi connectivity index (χ3v) is 2.81. The number of hydrogen-bond acceptors (Lipinski definition) is 2. The van der Waals surface area contributed by atoms with Gasteiger partial charge in [-0.3, -0.25) is 0 Å². The van der Waals surface area contributed by atoms with Crippen LogP contribution in [0, 0.1) is 11.8 Å². The number of nitrogens with two attached hydrogens (primary N) is 1. The Kier molecular flexibility index (Phi) is 4.74. The molecule has 2 unspecified atom stereocenters. The molecule has 0 radical (unpaired) electrons. The lowest BCUT2D eigenvalue weighted by atomic mass is 9.89. The molecule has 2 atom stereocenters. The molecule has 1 heterocycles. The van der Waals surface area contributed by atoms with Crippen molar-refractivity contribution in [1.29, 1.82) is 0 Å². The van der Waals surface area contributed by atoms with Gasteiger partial charge in [-0.2, -0.15) is 0 Å². The molecule has 0 spiro atoms. The zero-order valence-electron chi connectivity index (χ0n) is 9.05. The van der Waals surface area contributed by atoms with Gasteiger partial charge in [-0.05, 0) is 50.6 Å². The minimum atomic E-state index is 0.421. The van der Waals surface area contributed by atoms with Gasteiger partial charge in [-0.1, -0.05) is 13.8 Å². The highest BCUT2D eigenvalue weighted by molar-refractivity contribution is 4.74. The lowest BCUT2D eigenvalue weighted by Gasteiger charge is -2.26. The summed E-state index contributed by atoms with van der Waals surface area (Å²) in [6, 6.07) is 0.421. The molecule has 0 amide bonds. The van der Waals surface area contributed by atoms with Crippen LogP contribution in [0.15, 0.2) is 0 Å². The van der Waals surface area contributed by atoms with Crippen LogP contribution in [0.3, 0.4) is 0 Å². The predicted octanol–water partition coefficient (Wildman–Crippen LogP) is 1.75. The van der Waals surface area contributed by atoms with Crippen molar-refractivity contribution in [2.24, 2.45) is 17.6 Å². The molecule has 1 fully saturated rings. The Balaban J connectivity index is 2.14. The van der Waals surface area contributed by atoms with E-state index in [-0.39, 0.29) is 0 Å². The maximum absolute atomic E-state index is 6.08. The molecule has 13 heavy (non-hydrogen) atoms. The van der Waals surface area contributed by atoms with Gasteiger partial charge in [0.05, 0.1) is 0 Å². The molecule has 3 N–H and O–H groups in total. The van der Waals surface area contributed by atoms with Crippen molar-refractivity contribution in [3.8, 4) is 0 Å². The highest BCUT2D eigenvalue weighted by atomic mass is 14.9. The summed E-state index contributed by atoms with van der Waals surface area (Å²) < 4.78 is 0. The monoisotopic (exact) mass is 184 g/mol. The van der Waals surface area contributed by atoms with E-state index in [1.54, 1.807) is 0 Å². The Morgan fingerprint density at radius 3 is 2.77 bits per heavy atom. The fraction of sp³-hybridized carbons (Fsp3) is 1.00. The molecule has 2 heteroatoms. The van der Waals surface area contributed by atoms with Gasteiger partial charge in [0, 0.05) is 6.04 Å². The summed E-state index contributed by atoms with van der Waals surface area (Å²) in [6.45, 7) is 6.89. The van der Waals surface area contributed by atoms with Crippen molar-refractivity contribution in [3.05, 3.63) is 0 Å². The molecule has 2 nitrogen and oxygen atoms in total. The van der Waals surface area contributed by atoms with E-state index in [1.165, 1.54) is 38.8 Å². The van der Waals surface area contributed by atoms with E-state index >= 15 is 0 Å². The summed E-state index contributed by atoms with van der Waals surface area (Å²) in [5.74, 6) is 1.58. The van der Waals surface area contributed by atoms with Gasteiger partial charge in [0.15, 0.2) is 0 Å². The van der Waals surface area contributed by atoms with Crippen molar-refractivity contribution in [2.45, 2.75) is 45.6 Å². The van der Waals surface area contributed by atoms with Crippen molar-refractivity contribution in [3.63, 3.8) is 0 Å². The molecule has 78 valence electrons. The lowest BCUT2D eigenvalue weighted by Crippen LogP contribution is -2.34. The van der Waals surface area contributed by atoms with Gasteiger partial charge in [0.25, 0.3) is 0 Å². The van der Waals surface area contributed by atoms with E-state index in [1.807, 2.05) is 0 Å². The standard InChI is InChI=1S/C11H24N2/c1-9(2)6-11(12)7-10-4-3-5-13-8-10/h9-11,13H,3-8,12H2,1-2H3. The highest BCUT2D eigenvalue weighted by Crippen LogP contribution is 2.18. The normalized spacial score (nSPS) is 26.3.